The summed E-state index contributed by atoms with van der Waals surface area (Å²) in [6.07, 6.45) is 3.12. The molecule has 3 aromatic rings. The number of benzene rings is 1. The molecular weight excluding hydrogens is 553 g/mol. The number of carbonyl (C=O) groups is 2. The highest BCUT2D eigenvalue weighted by Crippen LogP contribution is 2.42. The molecule has 2 aliphatic heterocycles. The number of nitrogens with one attached hydrogen (secondary N) is 1. The van der Waals surface area contributed by atoms with Crippen molar-refractivity contribution in [3.63, 3.8) is 0 Å². The molecule has 0 atom stereocenters. The second kappa shape index (κ2) is 11.3. The quantitative estimate of drug-likeness (QED) is 0.389. The first kappa shape index (κ1) is 28.8. The van der Waals surface area contributed by atoms with Crippen LogP contribution in [0.3, 0.4) is 0 Å². The van der Waals surface area contributed by atoms with Crippen LogP contribution in [-0.4, -0.2) is 72.0 Å². The van der Waals surface area contributed by atoms with Gasteiger partial charge in [-0.15, -0.1) is 0 Å². The predicted molar refractivity (Wildman–Crippen MR) is 154 cm³/mol. The van der Waals surface area contributed by atoms with Crippen LogP contribution in [0.4, 0.5) is 25.5 Å². The summed E-state index contributed by atoms with van der Waals surface area (Å²) in [6.45, 7) is 9.33. The van der Waals surface area contributed by atoms with E-state index < -0.39 is 23.6 Å². The molecule has 1 saturated heterocycles. The first-order chi connectivity index (χ1) is 19.4. The molecule has 5 rings (SSSR count). The molecular formula is C29H33ClFN5O5. The minimum atomic E-state index is -0.703. The zero-order valence-corrected chi connectivity index (χ0v) is 24.5. The van der Waals surface area contributed by atoms with Crippen molar-refractivity contribution in [3.8, 4) is 17.0 Å². The molecule has 4 heterocycles. The lowest BCUT2D eigenvalue weighted by Crippen LogP contribution is -2.42. The maximum Gasteiger partial charge on any atom is 0.415 e. The van der Waals surface area contributed by atoms with Crippen LogP contribution in [-0.2, 0) is 9.47 Å². The molecule has 1 aromatic carbocycles. The summed E-state index contributed by atoms with van der Waals surface area (Å²) in [7, 11) is 2.03. The van der Waals surface area contributed by atoms with Crippen LogP contribution in [0, 0.1) is 12.7 Å². The van der Waals surface area contributed by atoms with Gasteiger partial charge in [-0.2, -0.15) is 0 Å². The van der Waals surface area contributed by atoms with E-state index in [1.165, 1.54) is 17.3 Å². The maximum atomic E-state index is 15.7. The van der Waals surface area contributed by atoms with Crippen LogP contribution in [0.25, 0.3) is 21.9 Å². The fourth-order valence-electron chi connectivity index (χ4n) is 4.99. The first-order valence-corrected chi connectivity index (χ1v) is 13.9. The Balaban J connectivity index is 1.47. The Morgan fingerprint density at radius 1 is 1.12 bits per heavy atom. The van der Waals surface area contributed by atoms with E-state index in [1.54, 1.807) is 39.8 Å². The van der Waals surface area contributed by atoms with Gasteiger partial charge in [-0.05, 0) is 70.7 Å². The molecule has 41 heavy (non-hydrogen) atoms. The lowest BCUT2D eigenvalue weighted by molar-refractivity contribution is 0.0566. The molecule has 0 spiro atoms. The van der Waals surface area contributed by atoms with Gasteiger partial charge < -0.3 is 19.1 Å². The van der Waals surface area contributed by atoms with E-state index >= 15 is 4.39 Å². The van der Waals surface area contributed by atoms with Crippen molar-refractivity contribution in [1.29, 1.82) is 0 Å². The fraction of sp³-hybridized carbons (Fsp3) is 0.448. The third kappa shape index (κ3) is 6.15. The number of hydrogen-bond donors (Lipinski definition) is 1. The number of rotatable bonds is 3. The van der Waals surface area contributed by atoms with E-state index in [2.05, 4.69) is 20.2 Å². The smallest absolute Gasteiger partial charge is 0.415 e. The molecule has 0 radical (unpaired) electrons. The van der Waals surface area contributed by atoms with Crippen molar-refractivity contribution in [2.24, 2.45) is 0 Å². The van der Waals surface area contributed by atoms with Crippen LogP contribution in [0.2, 0.25) is 5.02 Å². The molecule has 2 aromatic heterocycles. The largest absolute Gasteiger partial charge is 0.474 e. The molecule has 0 unspecified atom stereocenters. The summed E-state index contributed by atoms with van der Waals surface area (Å²) < 4.78 is 32.5. The van der Waals surface area contributed by atoms with E-state index in [1.807, 2.05) is 7.05 Å². The number of fused-ring (bicyclic) bond motifs is 2. The number of aromatic nitrogens is 2. The second-order valence-electron chi connectivity index (χ2n) is 11.3. The highest BCUT2D eigenvalue weighted by molar-refractivity contribution is 6.36. The number of carbonyl (C=O) groups excluding carboxylic acids is 2. The van der Waals surface area contributed by atoms with Gasteiger partial charge in [-0.1, -0.05) is 11.6 Å². The van der Waals surface area contributed by atoms with Gasteiger partial charge >= 0.3 is 12.2 Å². The van der Waals surface area contributed by atoms with Crippen molar-refractivity contribution in [2.45, 2.75) is 52.2 Å². The number of anilines is 2. The van der Waals surface area contributed by atoms with Gasteiger partial charge in [-0.25, -0.2) is 23.9 Å². The fourth-order valence-corrected chi connectivity index (χ4v) is 5.25. The lowest BCUT2D eigenvalue weighted by atomic mass is 9.97. The van der Waals surface area contributed by atoms with Gasteiger partial charge in [0.2, 0.25) is 5.88 Å². The summed E-state index contributed by atoms with van der Waals surface area (Å²) >= 11 is 6.47. The van der Waals surface area contributed by atoms with E-state index in [-0.39, 0.29) is 41.5 Å². The van der Waals surface area contributed by atoms with Gasteiger partial charge in [0.1, 0.15) is 35.6 Å². The third-order valence-corrected chi connectivity index (χ3v) is 7.44. The van der Waals surface area contributed by atoms with Gasteiger partial charge in [0.25, 0.3) is 0 Å². The van der Waals surface area contributed by atoms with Crippen LogP contribution >= 0.6 is 11.6 Å². The molecule has 10 nitrogen and oxygen atoms in total. The molecule has 1 fully saturated rings. The molecule has 2 amide bonds. The first-order valence-electron chi connectivity index (χ1n) is 13.5. The molecule has 0 saturated carbocycles. The van der Waals surface area contributed by atoms with Crippen LogP contribution in [0.1, 0.15) is 39.2 Å². The number of halogens is 2. The summed E-state index contributed by atoms with van der Waals surface area (Å²) in [6, 6.07) is 3.22. The molecule has 0 bridgehead atoms. The van der Waals surface area contributed by atoms with Crippen LogP contribution in [0.5, 0.6) is 5.88 Å². The van der Waals surface area contributed by atoms with Crippen molar-refractivity contribution in [1.82, 2.24) is 14.9 Å². The Morgan fingerprint density at radius 3 is 2.56 bits per heavy atom. The third-order valence-electron chi connectivity index (χ3n) is 7.07. The highest BCUT2D eigenvalue weighted by Gasteiger charge is 2.32. The average molecular weight is 586 g/mol. The Morgan fingerprint density at radius 2 is 1.85 bits per heavy atom. The number of piperidine rings is 1. The van der Waals surface area contributed by atoms with Crippen molar-refractivity contribution in [2.75, 3.05) is 43.5 Å². The Labute approximate surface area is 242 Å². The Kier molecular flexibility index (Phi) is 7.93. The van der Waals surface area contributed by atoms with Gasteiger partial charge in [0, 0.05) is 42.0 Å². The van der Waals surface area contributed by atoms with E-state index in [0.29, 0.717) is 27.6 Å². The Hall–Kier alpha value is -3.70. The van der Waals surface area contributed by atoms with E-state index in [9.17, 15) is 9.59 Å². The minimum Gasteiger partial charge on any atom is -0.474 e. The topological polar surface area (TPSA) is 106 Å². The SMILES string of the molecule is Cc1c(-c2cc3cc(NC(=O)OC4CCN(C)CC4)ncc3c(Cl)c2F)cnc2c1N(C(=O)OC(C)(C)C)CCO2. The predicted octanol–water partition coefficient (Wildman–Crippen LogP) is 6.17. The standard InChI is InChI=1S/C29H33ClFN5O5/c1-16-20(14-33-26-25(16)36(10-11-39-26)28(38)41-29(2,3)4)19-12-17-13-22(32-15-21(17)23(30)24(19)31)34-27(37)40-18-6-8-35(5)9-7-18/h12-15,18H,6-11H2,1-5H3,(H,32,34,37). The number of likely N-dealkylation sites (tertiary alicyclic amines) is 1. The maximum absolute atomic E-state index is 15.7. The van der Waals surface area contributed by atoms with Crippen LogP contribution in [0.15, 0.2) is 24.5 Å². The molecule has 218 valence electrons. The van der Waals surface area contributed by atoms with Crippen molar-refractivity contribution in [3.05, 3.63) is 40.9 Å². The summed E-state index contributed by atoms with van der Waals surface area (Å²) in [5.41, 5.74) is 0.885. The number of ether oxygens (including phenoxy) is 3. The van der Waals surface area contributed by atoms with Gasteiger partial charge in [0.15, 0.2) is 0 Å². The van der Waals surface area contributed by atoms with E-state index in [0.717, 1.165) is 25.9 Å². The number of nitrogens with zero attached hydrogens (tertiary/aromatic N) is 4. The molecule has 2 aliphatic rings. The summed E-state index contributed by atoms with van der Waals surface area (Å²) in [5, 5.41) is 3.47. The van der Waals surface area contributed by atoms with Gasteiger partial charge in [0.05, 0.1) is 11.6 Å². The zero-order valence-electron chi connectivity index (χ0n) is 23.7. The number of pyridine rings is 2. The minimum absolute atomic E-state index is 0.122. The highest BCUT2D eigenvalue weighted by atomic mass is 35.5. The normalized spacial score (nSPS) is 16.2. The lowest BCUT2D eigenvalue weighted by Gasteiger charge is -2.32. The average Bonchev–Trinajstić information content (AvgIpc) is 2.91. The zero-order chi connectivity index (χ0) is 29.5. The molecule has 0 aliphatic carbocycles. The van der Waals surface area contributed by atoms with E-state index in [4.69, 9.17) is 25.8 Å². The molecule has 12 heteroatoms. The molecule has 1 N–H and O–H groups in total. The summed E-state index contributed by atoms with van der Waals surface area (Å²) in [5.74, 6) is -0.156. The second-order valence-corrected chi connectivity index (χ2v) is 11.7. The number of amides is 2. The summed E-state index contributed by atoms with van der Waals surface area (Å²) in [4.78, 5) is 37.8. The monoisotopic (exact) mass is 585 g/mol. The van der Waals surface area contributed by atoms with Crippen molar-refractivity contribution < 1.29 is 28.2 Å². The van der Waals surface area contributed by atoms with Crippen molar-refractivity contribution >= 4 is 46.1 Å². The van der Waals surface area contributed by atoms with Crippen LogP contribution < -0.4 is 15.0 Å². The van der Waals surface area contributed by atoms with Gasteiger partial charge in [-0.3, -0.25) is 10.2 Å². The Bertz CT molecular complexity index is 1500. The number of hydrogen-bond acceptors (Lipinski definition) is 8.